The second kappa shape index (κ2) is 14.8. The fraction of sp³-hybridized carbons (Fsp3) is 0.517. The molecule has 2 aromatic carbocycles. The van der Waals surface area contributed by atoms with Crippen molar-refractivity contribution in [2.75, 3.05) is 44.0 Å². The van der Waals surface area contributed by atoms with Gasteiger partial charge in [0.15, 0.2) is 0 Å². The number of fused-ring (bicyclic) bond motifs is 1. The molecule has 0 unspecified atom stereocenters. The number of nitrogens with one attached hydrogen (secondary N) is 3. The van der Waals surface area contributed by atoms with E-state index in [1.165, 1.54) is 24.3 Å². The number of halogens is 1. The van der Waals surface area contributed by atoms with E-state index in [-0.39, 0.29) is 36.2 Å². The Bertz CT molecular complexity index is 1080. The van der Waals surface area contributed by atoms with E-state index in [4.69, 9.17) is 9.47 Å². The molecule has 0 aromatic heterocycles. The quantitative estimate of drug-likeness (QED) is 0.427. The van der Waals surface area contributed by atoms with Crippen LogP contribution in [0.2, 0.25) is 0 Å². The number of hydrogen-bond donors (Lipinski definition) is 4. The number of carbonyl (C=O) groups excluding carboxylic acids is 2. The average molecular weight is 545 g/mol. The van der Waals surface area contributed by atoms with Crippen LogP contribution in [-0.4, -0.2) is 73.5 Å². The van der Waals surface area contributed by atoms with E-state index in [2.05, 4.69) is 16.0 Å². The third kappa shape index (κ3) is 8.91. The summed E-state index contributed by atoms with van der Waals surface area (Å²) in [4.78, 5) is 28.2. The average Bonchev–Trinajstić information content (AvgIpc) is 2.91. The van der Waals surface area contributed by atoms with Crippen molar-refractivity contribution in [1.82, 2.24) is 10.2 Å². The lowest BCUT2D eigenvalue weighted by Gasteiger charge is -2.34. The summed E-state index contributed by atoms with van der Waals surface area (Å²) in [6, 6.07) is 9.37. The molecule has 0 saturated heterocycles. The zero-order valence-electron chi connectivity index (χ0n) is 23.2. The molecule has 0 aliphatic carbocycles. The van der Waals surface area contributed by atoms with Crippen molar-refractivity contribution in [3.63, 3.8) is 0 Å². The number of aliphatic hydroxyl groups excluding tert-OH is 1. The molecule has 4 N–H and O–H groups in total. The summed E-state index contributed by atoms with van der Waals surface area (Å²) < 4.78 is 25.6. The number of likely N-dealkylation sites (N-methyl/N-ethyl adjacent to an activating group) is 1. The Morgan fingerprint density at radius 3 is 2.51 bits per heavy atom. The van der Waals surface area contributed by atoms with Crippen LogP contribution in [0.25, 0.3) is 0 Å². The molecule has 0 spiro atoms. The van der Waals surface area contributed by atoms with E-state index in [1.807, 2.05) is 20.9 Å². The van der Waals surface area contributed by atoms with Crippen LogP contribution in [0.5, 0.6) is 5.75 Å². The summed E-state index contributed by atoms with van der Waals surface area (Å²) in [6.45, 7) is 7.22. The van der Waals surface area contributed by atoms with Crippen molar-refractivity contribution in [3.8, 4) is 5.75 Å². The van der Waals surface area contributed by atoms with Crippen LogP contribution in [0, 0.1) is 11.7 Å². The van der Waals surface area contributed by atoms with E-state index in [0.29, 0.717) is 36.8 Å². The predicted octanol–water partition coefficient (Wildman–Crippen LogP) is 4.48. The number of hydrogen-bond acceptors (Lipinski definition) is 6. The Balaban J connectivity index is 1.92. The predicted molar refractivity (Wildman–Crippen MR) is 150 cm³/mol. The molecular formula is C29H41FN4O5. The van der Waals surface area contributed by atoms with Gasteiger partial charge in [-0.05, 0) is 82.6 Å². The monoisotopic (exact) mass is 544 g/mol. The summed E-state index contributed by atoms with van der Waals surface area (Å²) >= 11 is 0. The van der Waals surface area contributed by atoms with Gasteiger partial charge in [0.05, 0.1) is 30.4 Å². The highest BCUT2D eigenvalue weighted by molar-refractivity contribution is 6.02. The Kier molecular flexibility index (Phi) is 11.5. The Labute approximate surface area is 230 Å². The zero-order valence-corrected chi connectivity index (χ0v) is 23.2. The Morgan fingerprint density at radius 2 is 1.82 bits per heavy atom. The van der Waals surface area contributed by atoms with Gasteiger partial charge in [-0.2, -0.15) is 0 Å². The van der Waals surface area contributed by atoms with Crippen molar-refractivity contribution >= 4 is 23.3 Å². The number of nitrogens with zero attached hydrogens (tertiary/aromatic N) is 1. The fourth-order valence-electron chi connectivity index (χ4n) is 4.52. The van der Waals surface area contributed by atoms with Gasteiger partial charge >= 0.3 is 6.03 Å². The van der Waals surface area contributed by atoms with Crippen molar-refractivity contribution in [2.45, 2.75) is 58.3 Å². The number of carbonyl (C=O) groups is 2. The van der Waals surface area contributed by atoms with E-state index < -0.39 is 17.9 Å². The number of urea groups is 1. The van der Waals surface area contributed by atoms with Crippen molar-refractivity contribution in [2.24, 2.45) is 5.92 Å². The topological polar surface area (TPSA) is 112 Å². The molecule has 0 fully saturated rings. The smallest absolute Gasteiger partial charge is 0.323 e. The van der Waals surface area contributed by atoms with Gasteiger partial charge in [-0.15, -0.1) is 0 Å². The molecule has 3 rings (SSSR count). The van der Waals surface area contributed by atoms with E-state index in [9.17, 15) is 19.1 Å². The number of rotatable bonds is 6. The van der Waals surface area contributed by atoms with Crippen LogP contribution >= 0.6 is 0 Å². The van der Waals surface area contributed by atoms with Gasteiger partial charge in [-0.1, -0.05) is 6.92 Å². The van der Waals surface area contributed by atoms with Crippen molar-refractivity contribution in [1.29, 1.82) is 0 Å². The first-order valence-electron chi connectivity index (χ1n) is 13.5. The molecular weight excluding hydrogens is 503 g/mol. The number of benzene rings is 2. The molecule has 3 amide bonds. The summed E-state index contributed by atoms with van der Waals surface area (Å²) in [5, 5.41) is 18.6. The third-order valence-corrected chi connectivity index (χ3v) is 6.82. The van der Waals surface area contributed by atoms with Crippen LogP contribution in [0.3, 0.4) is 0 Å². The molecule has 0 saturated carbocycles. The molecule has 39 heavy (non-hydrogen) atoms. The Hall–Kier alpha value is -3.21. The number of anilines is 2. The maximum absolute atomic E-state index is 14.0. The van der Waals surface area contributed by atoms with E-state index in [1.54, 1.807) is 30.0 Å². The molecule has 1 heterocycles. The summed E-state index contributed by atoms with van der Waals surface area (Å²) in [6.07, 6.45) is 2.36. The number of ether oxygens (including phenoxy) is 2. The van der Waals surface area contributed by atoms with Gasteiger partial charge in [-0.25, -0.2) is 9.18 Å². The molecule has 9 nitrogen and oxygen atoms in total. The Morgan fingerprint density at radius 1 is 1.13 bits per heavy atom. The standard InChI is InChI=1S/C29H41FN4O5/c1-19-17-34(20(2)18-35)28(36)25-15-24(33-29(37)32-23-10-8-22(30)9-11-23)12-13-26(25)39-21(3)7-5-6-14-38-27(19)16-31-4/h8-13,15,19-21,27,31,35H,5-7,14,16-18H2,1-4H3,(H2,32,33,37)/t19-,20+,21-,27+/m0/s1. The first-order chi connectivity index (χ1) is 18.7. The largest absolute Gasteiger partial charge is 0.490 e. The molecule has 0 radical (unpaired) electrons. The first-order valence-corrected chi connectivity index (χ1v) is 13.5. The minimum absolute atomic E-state index is 0.00979. The van der Waals surface area contributed by atoms with Gasteiger partial charge in [0.2, 0.25) is 0 Å². The van der Waals surface area contributed by atoms with Crippen LogP contribution < -0.4 is 20.7 Å². The SMILES string of the molecule is CNC[C@H]1OCCCC[C@H](C)Oc2ccc(NC(=O)Nc3ccc(F)cc3)cc2C(=O)N([C@H](C)CO)C[C@@H]1C. The molecule has 2 aromatic rings. The highest BCUT2D eigenvalue weighted by atomic mass is 19.1. The van der Waals surface area contributed by atoms with Gasteiger partial charge < -0.3 is 35.4 Å². The fourth-order valence-corrected chi connectivity index (χ4v) is 4.52. The van der Waals surface area contributed by atoms with E-state index >= 15 is 0 Å². The minimum Gasteiger partial charge on any atom is -0.490 e. The minimum atomic E-state index is -0.537. The van der Waals surface area contributed by atoms with Gasteiger partial charge in [0, 0.05) is 37.0 Å². The number of amides is 3. The summed E-state index contributed by atoms with van der Waals surface area (Å²) in [5.74, 6) is -0.308. The highest BCUT2D eigenvalue weighted by Gasteiger charge is 2.29. The normalized spacial score (nSPS) is 21.7. The maximum atomic E-state index is 14.0. The molecule has 214 valence electrons. The molecule has 10 heteroatoms. The van der Waals surface area contributed by atoms with Gasteiger partial charge in [-0.3, -0.25) is 4.79 Å². The molecule has 1 aliphatic heterocycles. The zero-order chi connectivity index (χ0) is 28.4. The lowest BCUT2D eigenvalue weighted by Crippen LogP contribution is -2.47. The second-order valence-electron chi connectivity index (χ2n) is 10.2. The lowest BCUT2D eigenvalue weighted by molar-refractivity contribution is -0.000451. The van der Waals surface area contributed by atoms with Crippen LogP contribution in [0.1, 0.15) is 50.4 Å². The van der Waals surface area contributed by atoms with Crippen LogP contribution in [-0.2, 0) is 4.74 Å². The summed E-state index contributed by atoms with van der Waals surface area (Å²) in [5.41, 5.74) is 1.10. The second-order valence-corrected chi connectivity index (χ2v) is 10.2. The maximum Gasteiger partial charge on any atom is 0.323 e. The van der Waals surface area contributed by atoms with Crippen molar-refractivity contribution in [3.05, 3.63) is 53.8 Å². The van der Waals surface area contributed by atoms with Gasteiger partial charge in [0.25, 0.3) is 5.91 Å². The highest BCUT2D eigenvalue weighted by Crippen LogP contribution is 2.28. The van der Waals surface area contributed by atoms with Gasteiger partial charge in [0.1, 0.15) is 11.6 Å². The van der Waals surface area contributed by atoms with Crippen LogP contribution in [0.4, 0.5) is 20.6 Å². The third-order valence-electron chi connectivity index (χ3n) is 6.82. The molecule has 0 bridgehead atoms. The molecule has 4 atom stereocenters. The van der Waals surface area contributed by atoms with Crippen molar-refractivity contribution < 1.29 is 28.6 Å². The van der Waals surface area contributed by atoms with Crippen LogP contribution in [0.15, 0.2) is 42.5 Å². The number of aliphatic hydroxyl groups is 1. The molecule has 1 aliphatic rings. The summed E-state index contributed by atoms with van der Waals surface area (Å²) in [7, 11) is 1.87. The first kappa shape index (κ1) is 30.3. The van der Waals surface area contributed by atoms with E-state index in [0.717, 1.165) is 19.3 Å². The lowest BCUT2D eigenvalue weighted by atomic mass is 10.0.